The minimum Gasteiger partial charge on any atom is -0.380 e. The van der Waals surface area contributed by atoms with Crippen molar-refractivity contribution in [2.75, 3.05) is 26.8 Å². The Hall–Kier alpha value is -1.64. The Kier molecular flexibility index (Phi) is 7.01. The molecule has 0 aliphatic heterocycles. The summed E-state index contributed by atoms with van der Waals surface area (Å²) in [6, 6.07) is 6.99. The fourth-order valence-corrected chi connectivity index (χ4v) is 3.37. The molecule has 7 nitrogen and oxygen atoms in total. The largest absolute Gasteiger partial charge is 0.380 e. The summed E-state index contributed by atoms with van der Waals surface area (Å²) in [7, 11) is -1.68. The Bertz CT molecular complexity index is 640. The molecule has 1 fully saturated rings. The molecule has 1 aromatic carbocycles. The molecule has 0 heterocycles. The molecule has 0 radical (unpaired) electrons. The van der Waals surface area contributed by atoms with Crippen molar-refractivity contribution in [3.8, 4) is 0 Å². The van der Waals surface area contributed by atoms with Gasteiger partial charge in [0.1, 0.15) is 0 Å². The van der Waals surface area contributed by atoms with Crippen LogP contribution in [0.2, 0.25) is 0 Å². The lowest BCUT2D eigenvalue weighted by Gasteiger charge is -2.12. The number of hydrogen-bond donors (Lipinski definition) is 3. The lowest BCUT2D eigenvalue weighted by molar-refractivity contribution is 0.152. The fourth-order valence-electron chi connectivity index (χ4n) is 2.07. The number of rotatable bonds is 9. The summed E-state index contributed by atoms with van der Waals surface area (Å²) in [5.74, 6) is 0.682. The third kappa shape index (κ3) is 6.10. The van der Waals surface area contributed by atoms with Crippen molar-refractivity contribution >= 4 is 16.0 Å². The number of benzene rings is 1. The molecule has 3 N–H and O–H groups in total. The predicted molar refractivity (Wildman–Crippen MR) is 94.5 cm³/mol. The summed E-state index contributed by atoms with van der Waals surface area (Å²) in [6.07, 6.45) is 1.85. The number of hydrogen-bond acceptors (Lipinski definition) is 4. The predicted octanol–water partition coefficient (Wildman–Crippen LogP) is 0.829. The second-order valence-electron chi connectivity index (χ2n) is 5.59. The van der Waals surface area contributed by atoms with E-state index >= 15 is 0 Å². The van der Waals surface area contributed by atoms with E-state index in [2.05, 4.69) is 20.3 Å². The third-order valence-corrected chi connectivity index (χ3v) is 5.10. The maximum absolute atomic E-state index is 12.1. The van der Waals surface area contributed by atoms with Gasteiger partial charge in [0, 0.05) is 32.8 Å². The van der Waals surface area contributed by atoms with Gasteiger partial charge >= 0.3 is 0 Å². The zero-order valence-electron chi connectivity index (χ0n) is 14.2. The SMILES string of the molecule is CCOCCNC(=NC)NCc1ccc(S(=O)(=O)NC2CC2)cc1. The van der Waals surface area contributed by atoms with Gasteiger partial charge in [-0.15, -0.1) is 0 Å². The van der Waals surface area contributed by atoms with Crippen LogP contribution in [-0.4, -0.2) is 47.2 Å². The molecule has 1 aliphatic carbocycles. The van der Waals surface area contributed by atoms with Crippen LogP contribution < -0.4 is 15.4 Å². The molecule has 0 amide bonds. The summed E-state index contributed by atoms with van der Waals surface area (Å²) >= 11 is 0. The molecule has 1 saturated carbocycles. The van der Waals surface area contributed by atoms with E-state index in [1.54, 1.807) is 19.2 Å². The van der Waals surface area contributed by atoms with E-state index in [9.17, 15) is 8.42 Å². The normalized spacial score (nSPS) is 15.3. The van der Waals surface area contributed by atoms with E-state index in [1.165, 1.54) is 0 Å². The van der Waals surface area contributed by atoms with Gasteiger partial charge in [-0.2, -0.15) is 0 Å². The first-order valence-electron chi connectivity index (χ1n) is 8.18. The molecule has 0 bridgehead atoms. The first-order valence-corrected chi connectivity index (χ1v) is 9.67. The van der Waals surface area contributed by atoms with E-state index in [-0.39, 0.29) is 6.04 Å². The number of ether oxygens (including phenoxy) is 1. The highest BCUT2D eigenvalue weighted by Crippen LogP contribution is 2.22. The van der Waals surface area contributed by atoms with E-state index in [4.69, 9.17) is 4.74 Å². The number of nitrogens with zero attached hydrogens (tertiary/aromatic N) is 1. The number of nitrogens with one attached hydrogen (secondary N) is 3. The molecule has 134 valence electrons. The van der Waals surface area contributed by atoms with Crippen LogP contribution >= 0.6 is 0 Å². The van der Waals surface area contributed by atoms with Gasteiger partial charge in [-0.3, -0.25) is 4.99 Å². The van der Waals surface area contributed by atoms with Crippen molar-refractivity contribution in [1.82, 2.24) is 15.4 Å². The monoisotopic (exact) mass is 354 g/mol. The van der Waals surface area contributed by atoms with Gasteiger partial charge < -0.3 is 15.4 Å². The quantitative estimate of drug-likeness (QED) is 0.347. The van der Waals surface area contributed by atoms with Crippen molar-refractivity contribution in [2.45, 2.75) is 37.2 Å². The van der Waals surface area contributed by atoms with E-state index < -0.39 is 10.0 Å². The zero-order chi connectivity index (χ0) is 17.4. The van der Waals surface area contributed by atoms with Crippen LogP contribution in [0.15, 0.2) is 34.2 Å². The second-order valence-corrected chi connectivity index (χ2v) is 7.30. The smallest absolute Gasteiger partial charge is 0.240 e. The molecule has 0 aromatic heterocycles. The minimum atomic E-state index is -3.39. The van der Waals surface area contributed by atoms with Crippen LogP contribution in [0.3, 0.4) is 0 Å². The molecule has 1 aromatic rings. The van der Waals surface area contributed by atoms with Gasteiger partial charge in [0.25, 0.3) is 0 Å². The van der Waals surface area contributed by atoms with Gasteiger partial charge in [0.15, 0.2) is 5.96 Å². The highest BCUT2D eigenvalue weighted by molar-refractivity contribution is 7.89. The van der Waals surface area contributed by atoms with Crippen molar-refractivity contribution in [2.24, 2.45) is 4.99 Å². The molecule has 0 unspecified atom stereocenters. The Morgan fingerprint density at radius 1 is 1.25 bits per heavy atom. The van der Waals surface area contributed by atoms with Crippen LogP contribution in [0.1, 0.15) is 25.3 Å². The molecule has 1 aliphatic rings. The maximum atomic E-state index is 12.1. The van der Waals surface area contributed by atoms with Gasteiger partial charge in [0.2, 0.25) is 10.0 Å². The zero-order valence-corrected chi connectivity index (χ0v) is 15.0. The lowest BCUT2D eigenvalue weighted by Crippen LogP contribution is -2.38. The first-order chi connectivity index (χ1) is 11.5. The second kappa shape index (κ2) is 9.00. The van der Waals surface area contributed by atoms with Crippen LogP contribution in [0.5, 0.6) is 0 Å². The van der Waals surface area contributed by atoms with Crippen LogP contribution in [0, 0.1) is 0 Å². The summed E-state index contributed by atoms with van der Waals surface area (Å²) in [6.45, 7) is 4.51. The average Bonchev–Trinajstić information content (AvgIpc) is 3.38. The van der Waals surface area contributed by atoms with Gasteiger partial charge in [-0.05, 0) is 37.5 Å². The van der Waals surface area contributed by atoms with Crippen molar-refractivity contribution in [3.63, 3.8) is 0 Å². The minimum absolute atomic E-state index is 0.113. The van der Waals surface area contributed by atoms with Crippen LogP contribution in [0.4, 0.5) is 0 Å². The lowest BCUT2D eigenvalue weighted by atomic mass is 10.2. The summed E-state index contributed by atoms with van der Waals surface area (Å²) in [4.78, 5) is 4.43. The Balaban J connectivity index is 1.82. The molecule has 0 saturated heterocycles. The molecule has 8 heteroatoms. The van der Waals surface area contributed by atoms with Crippen LogP contribution in [-0.2, 0) is 21.3 Å². The highest BCUT2D eigenvalue weighted by atomic mass is 32.2. The van der Waals surface area contributed by atoms with Crippen molar-refractivity contribution < 1.29 is 13.2 Å². The molecular formula is C16H26N4O3S. The number of sulfonamides is 1. The highest BCUT2D eigenvalue weighted by Gasteiger charge is 2.27. The average molecular weight is 354 g/mol. The standard InChI is InChI=1S/C16H26N4O3S/c1-3-23-11-10-18-16(17-2)19-12-13-4-8-15(9-5-13)24(21,22)20-14-6-7-14/h4-5,8-9,14,20H,3,6-7,10-12H2,1-2H3,(H2,17,18,19). The van der Waals surface area contributed by atoms with Crippen molar-refractivity contribution in [3.05, 3.63) is 29.8 Å². The van der Waals surface area contributed by atoms with Gasteiger partial charge in [-0.25, -0.2) is 13.1 Å². The fraction of sp³-hybridized carbons (Fsp3) is 0.562. The third-order valence-electron chi connectivity index (χ3n) is 3.56. The Morgan fingerprint density at radius 3 is 2.54 bits per heavy atom. The molecule has 24 heavy (non-hydrogen) atoms. The van der Waals surface area contributed by atoms with Gasteiger partial charge in [-0.1, -0.05) is 12.1 Å². The molecule has 0 spiro atoms. The summed E-state index contributed by atoms with van der Waals surface area (Å²) in [5, 5.41) is 6.33. The number of aliphatic imine (C=N–C) groups is 1. The number of guanidine groups is 1. The van der Waals surface area contributed by atoms with E-state index in [1.807, 2.05) is 19.1 Å². The van der Waals surface area contributed by atoms with Crippen molar-refractivity contribution in [1.29, 1.82) is 0 Å². The van der Waals surface area contributed by atoms with Gasteiger partial charge in [0.05, 0.1) is 11.5 Å². The van der Waals surface area contributed by atoms with E-state index in [0.717, 1.165) is 18.4 Å². The Morgan fingerprint density at radius 2 is 1.96 bits per heavy atom. The maximum Gasteiger partial charge on any atom is 0.240 e. The topological polar surface area (TPSA) is 91.8 Å². The molecule has 0 atom stereocenters. The Labute approximate surface area is 143 Å². The summed E-state index contributed by atoms with van der Waals surface area (Å²) < 4.78 is 32.2. The summed E-state index contributed by atoms with van der Waals surface area (Å²) in [5.41, 5.74) is 0.980. The molecular weight excluding hydrogens is 328 g/mol. The molecule has 2 rings (SSSR count). The first kappa shape index (κ1) is 18.7. The van der Waals surface area contributed by atoms with Crippen LogP contribution in [0.25, 0.3) is 0 Å². The van der Waals surface area contributed by atoms with E-state index in [0.29, 0.717) is 37.2 Å².